The SMILES string of the molecule is C=CN1CCCCC1.C=CN1CCCCC1. The highest BCUT2D eigenvalue weighted by molar-refractivity contribution is 4.74. The largest absolute Gasteiger partial charge is 0.378 e. The first-order valence-corrected chi connectivity index (χ1v) is 6.60. The highest BCUT2D eigenvalue weighted by Gasteiger charge is 2.03. The van der Waals surface area contributed by atoms with Crippen molar-refractivity contribution >= 4 is 0 Å². The first-order chi connectivity index (χ1) is 7.86. The number of piperidine rings is 2. The van der Waals surface area contributed by atoms with E-state index in [4.69, 9.17) is 0 Å². The van der Waals surface area contributed by atoms with E-state index in [0.29, 0.717) is 0 Å². The Morgan fingerprint density at radius 1 is 0.562 bits per heavy atom. The van der Waals surface area contributed by atoms with E-state index >= 15 is 0 Å². The fourth-order valence-electron chi connectivity index (χ4n) is 2.20. The minimum absolute atomic E-state index is 1.23. The number of rotatable bonds is 2. The standard InChI is InChI=1S/2C7H13N/c2*1-2-8-6-4-3-5-7-8/h2*2H,1,3-7H2. The van der Waals surface area contributed by atoms with Gasteiger partial charge in [0.2, 0.25) is 0 Å². The maximum absolute atomic E-state index is 3.71. The lowest BCUT2D eigenvalue weighted by Crippen LogP contribution is -2.23. The van der Waals surface area contributed by atoms with E-state index in [9.17, 15) is 0 Å². The Bertz CT molecular complexity index is 167. The van der Waals surface area contributed by atoms with Gasteiger partial charge in [0.15, 0.2) is 0 Å². The van der Waals surface area contributed by atoms with E-state index in [1.54, 1.807) is 0 Å². The van der Waals surface area contributed by atoms with Crippen LogP contribution in [0.3, 0.4) is 0 Å². The zero-order valence-electron chi connectivity index (χ0n) is 10.5. The number of hydrogen-bond acceptors (Lipinski definition) is 2. The second kappa shape index (κ2) is 8.26. The predicted octanol–water partition coefficient (Wildman–Crippen LogP) is 3.23. The molecule has 2 heteroatoms. The van der Waals surface area contributed by atoms with Crippen LogP contribution in [0.2, 0.25) is 0 Å². The predicted molar refractivity (Wildman–Crippen MR) is 71.2 cm³/mol. The molecule has 0 aromatic rings. The van der Waals surface area contributed by atoms with Crippen LogP contribution < -0.4 is 0 Å². The van der Waals surface area contributed by atoms with Gasteiger partial charge >= 0.3 is 0 Å². The molecule has 0 unspecified atom stereocenters. The van der Waals surface area contributed by atoms with Crippen molar-refractivity contribution in [3.05, 3.63) is 25.6 Å². The van der Waals surface area contributed by atoms with E-state index < -0.39 is 0 Å². The summed E-state index contributed by atoms with van der Waals surface area (Å²) in [5.41, 5.74) is 0. The van der Waals surface area contributed by atoms with Crippen LogP contribution in [-0.4, -0.2) is 36.0 Å². The van der Waals surface area contributed by atoms with Crippen LogP contribution in [0.25, 0.3) is 0 Å². The number of likely N-dealkylation sites (tertiary alicyclic amines) is 2. The summed E-state index contributed by atoms with van der Waals surface area (Å²) in [4.78, 5) is 4.56. The fourth-order valence-corrected chi connectivity index (χ4v) is 2.20. The molecule has 2 heterocycles. The third-order valence-corrected chi connectivity index (χ3v) is 3.30. The highest BCUT2D eigenvalue weighted by atomic mass is 15.1. The summed E-state index contributed by atoms with van der Waals surface area (Å²) in [6.45, 7) is 12.3. The van der Waals surface area contributed by atoms with Gasteiger partial charge in [0.1, 0.15) is 0 Å². The molecule has 2 rings (SSSR count). The summed E-state index contributed by atoms with van der Waals surface area (Å²) in [7, 11) is 0. The average molecular weight is 222 g/mol. The summed E-state index contributed by atoms with van der Waals surface area (Å²) < 4.78 is 0. The molecular formula is C14H26N2. The van der Waals surface area contributed by atoms with Gasteiger partial charge in [-0.2, -0.15) is 0 Å². The van der Waals surface area contributed by atoms with E-state index in [2.05, 4.69) is 23.0 Å². The summed E-state index contributed by atoms with van der Waals surface area (Å²) in [6, 6.07) is 0. The normalized spacial score (nSPS) is 20.8. The van der Waals surface area contributed by atoms with Gasteiger partial charge in [-0.3, -0.25) is 0 Å². The molecule has 0 bridgehead atoms. The highest BCUT2D eigenvalue weighted by Crippen LogP contribution is 2.07. The maximum atomic E-state index is 3.71. The summed E-state index contributed by atoms with van der Waals surface area (Å²) in [6.07, 6.45) is 12.1. The smallest absolute Gasteiger partial charge is 0.0172 e. The molecule has 0 N–H and O–H groups in total. The van der Waals surface area contributed by atoms with E-state index in [1.807, 2.05) is 12.4 Å². The van der Waals surface area contributed by atoms with Gasteiger partial charge in [-0.1, -0.05) is 13.2 Å². The van der Waals surface area contributed by atoms with Crippen molar-refractivity contribution in [2.45, 2.75) is 38.5 Å². The molecule has 2 aliphatic rings. The Hall–Kier alpha value is -0.920. The second-order valence-electron chi connectivity index (χ2n) is 4.56. The molecule has 2 fully saturated rings. The summed E-state index contributed by atoms with van der Waals surface area (Å²) in [5.74, 6) is 0. The van der Waals surface area contributed by atoms with Crippen molar-refractivity contribution in [1.82, 2.24) is 9.80 Å². The van der Waals surface area contributed by atoms with E-state index in [1.165, 1.54) is 64.7 Å². The van der Waals surface area contributed by atoms with Gasteiger partial charge in [0.25, 0.3) is 0 Å². The molecule has 2 saturated heterocycles. The first-order valence-electron chi connectivity index (χ1n) is 6.60. The van der Waals surface area contributed by atoms with Crippen LogP contribution in [0.1, 0.15) is 38.5 Å². The van der Waals surface area contributed by atoms with Gasteiger partial charge in [-0.05, 0) is 50.9 Å². The molecule has 92 valence electrons. The van der Waals surface area contributed by atoms with Gasteiger partial charge in [-0.25, -0.2) is 0 Å². The third-order valence-electron chi connectivity index (χ3n) is 3.30. The first kappa shape index (κ1) is 13.1. The minimum atomic E-state index is 1.23. The van der Waals surface area contributed by atoms with Crippen molar-refractivity contribution in [1.29, 1.82) is 0 Å². The van der Waals surface area contributed by atoms with Crippen molar-refractivity contribution in [2.75, 3.05) is 26.2 Å². The molecule has 2 nitrogen and oxygen atoms in total. The van der Waals surface area contributed by atoms with Crippen molar-refractivity contribution in [3.8, 4) is 0 Å². The molecule has 0 amide bonds. The number of nitrogens with zero attached hydrogens (tertiary/aromatic N) is 2. The zero-order chi connectivity index (χ0) is 11.6. The molecule has 0 aliphatic carbocycles. The lowest BCUT2D eigenvalue weighted by Gasteiger charge is -2.23. The fraction of sp³-hybridized carbons (Fsp3) is 0.714. The van der Waals surface area contributed by atoms with Crippen LogP contribution in [-0.2, 0) is 0 Å². The molecule has 0 aromatic heterocycles. The lowest BCUT2D eigenvalue weighted by atomic mass is 10.1. The van der Waals surface area contributed by atoms with Gasteiger partial charge in [0.05, 0.1) is 0 Å². The molecule has 0 atom stereocenters. The Kier molecular flexibility index (Phi) is 6.78. The summed E-state index contributed by atoms with van der Waals surface area (Å²) in [5, 5.41) is 0. The zero-order valence-corrected chi connectivity index (χ0v) is 10.5. The molecule has 0 radical (unpaired) electrons. The van der Waals surface area contributed by atoms with Crippen LogP contribution >= 0.6 is 0 Å². The van der Waals surface area contributed by atoms with Crippen molar-refractivity contribution in [3.63, 3.8) is 0 Å². The lowest BCUT2D eigenvalue weighted by molar-refractivity contribution is 0.310. The maximum Gasteiger partial charge on any atom is 0.0172 e. The third kappa shape index (κ3) is 5.24. The average Bonchev–Trinajstić information content (AvgIpc) is 2.41. The Morgan fingerprint density at radius 3 is 1.06 bits per heavy atom. The van der Waals surface area contributed by atoms with Crippen LogP contribution in [0.15, 0.2) is 25.6 Å². The topological polar surface area (TPSA) is 6.48 Å². The Balaban J connectivity index is 0.000000160. The van der Waals surface area contributed by atoms with Crippen LogP contribution in [0.5, 0.6) is 0 Å². The molecule has 0 spiro atoms. The van der Waals surface area contributed by atoms with Gasteiger partial charge < -0.3 is 9.80 Å². The van der Waals surface area contributed by atoms with E-state index in [0.717, 1.165) is 0 Å². The molecular weight excluding hydrogens is 196 g/mol. The van der Waals surface area contributed by atoms with Crippen LogP contribution in [0.4, 0.5) is 0 Å². The molecule has 16 heavy (non-hydrogen) atoms. The molecule has 2 aliphatic heterocycles. The minimum Gasteiger partial charge on any atom is -0.378 e. The second-order valence-corrected chi connectivity index (χ2v) is 4.56. The Labute approximate surface area is 101 Å². The summed E-state index contributed by atoms with van der Waals surface area (Å²) >= 11 is 0. The van der Waals surface area contributed by atoms with Crippen molar-refractivity contribution in [2.24, 2.45) is 0 Å². The quantitative estimate of drug-likeness (QED) is 0.708. The monoisotopic (exact) mass is 222 g/mol. The molecule has 0 aromatic carbocycles. The van der Waals surface area contributed by atoms with E-state index in [-0.39, 0.29) is 0 Å². The van der Waals surface area contributed by atoms with Crippen LogP contribution in [0, 0.1) is 0 Å². The van der Waals surface area contributed by atoms with Gasteiger partial charge in [-0.15, -0.1) is 0 Å². The Morgan fingerprint density at radius 2 is 0.875 bits per heavy atom. The van der Waals surface area contributed by atoms with Crippen molar-refractivity contribution < 1.29 is 0 Å². The number of hydrogen-bond donors (Lipinski definition) is 0. The van der Waals surface area contributed by atoms with Gasteiger partial charge in [0, 0.05) is 26.2 Å². The molecule has 0 saturated carbocycles.